The third-order valence-electron chi connectivity index (χ3n) is 2.51. The van der Waals surface area contributed by atoms with Gasteiger partial charge in [-0.15, -0.1) is 0 Å². The fraction of sp³-hybridized carbons (Fsp3) is 0.455. The Kier molecular flexibility index (Phi) is 3.50. The van der Waals surface area contributed by atoms with Gasteiger partial charge in [0.05, 0.1) is 5.39 Å². The quantitative estimate of drug-likeness (QED) is 0.805. The third kappa shape index (κ3) is 2.23. The number of hydrogen-bond acceptors (Lipinski definition) is 2. The number of nitrogens with zero attached hydrogens (tertiary/aromatic N) is 3. The molecule has 2 aromatic heterocycles. The molecule has 2 heterocycles. The summed E-state index contributed by atoms with van der Waals surface area (Å²) in [4.78, 5) is 8.27. The number of aromatic nitrogens is 3. The summed E-state index contributed by atoms with van der Waals surface area (Å²) in [5.74, 6) is 0.675. The van der Waals surface area contributed by atoms with E-state index in [1.807, 2.05) is 6.20 Å². The largest absolute Gasteiger partial charge is 0.331 e. The molecule has 3 nitrogen and oxygen atoms in total. The van der Waals surface area contributed by atoms with Crippen LogP contribution in [0.5, 0.6) is 0 Å². The molecule has 0 aliphatic heterocycles. The summed E-state index contributed by atoms with van der Waals surface area (Å²) in [7, 11) is 0. The highest BCUT2D eigenvalue weighted by Crippen LogP contribution is 2.29. The second kappa shape index (κ2) is 4.72. The lowest BCUT2D eigenvalue weighted by Gasteiger charge is -2.06. The molecule has 0 unspecified atom stereocenters. The van der Waals surface area contributed by atoms with Crippen molar-refractivity contribution in [2.24, 2.45) is 5.92 Å². The maximum absolute atomic E-state index is 6.04. The molecule has 16 heavy (non-hydrogen) atoms. The Morgan fingerprint density at radius 3 is 2.88 bits per heavy atom. The number of rotatable bonds is 3. The summed E-state index contributed by atoms with van der Waals surface area (Å²) in [5.41, 5.74) is 0.896. The van der Waals surface area contributed by atoms with Gasteiger partial charge in [0.1, 0.15) is 17.1 Å². The van der Waals surface area contributed by atoms with E-state index in [-0.39, 0.29) is 0 Å². The predicted molar refractivity (Wildman–Crippen MR) is 69.7 cm³/mol. The molecule has 2 aromatic rings. The van der Waals surface area contributed by atoms with E-state index < -0.39 is 0 Å². The van der Waals surface area contributed by atoms with Crippen molar-refractivity contribution in [3.63, 3.8) is 0 Å². The van der Waals surface area contributed by atoms with Crippen LogP contribution >= 0.6 is 27.5 Å². The highest BCUT2D eigenvalue weighted by Gasteiger charge is 2.11. The Balaban J connectivity index is 2.43. The zero-order chi connectivity index (χ0) is 11.7. The summed E-state index contributed by atoms with van der Waals surface area (Å²) in [5, 5.41) is 1.40. The summed E-state index contributed by atoms with van der Waals surface area (Å²) >= 11 is 9.53. The zero-order valence-corrected chi connectivity index (χ0v) is 11.6. The molecule has 0 saturated carbocycles. The number of hydrogen-bond donors (Lipinski definition) is 0. The van der Waals surface area contributed by atoms with Crippen LogP contribution in [0.2, 0.25) is 5.15 Å². The molecule has 0 aliphatic rings. The molecule has 0 bridgehead atoms. The third-order valence-corrected chi connectivity index (χ3v) is 3.40. The highest BCUT2D eigenvalue weighted by atomic mass is 79.9. The minimum absolute atomic E-state index is 0.500. The summed E-state index contributed by atoms with van der Waals surface area (Å²) < 4.78 is 3.07. The van der Waals surface area contributed by atoms with Crippen LogP contribution < -0.4 is 0 Å². The van der Waals surface area contributed by atoms with Crippen molar-refractivity contribution >= 4 is 38.6 Å². The van der Waals surface area contributed by atoms with E-state index in [2.05, 4.69) is 44.3 Å². The van der Waals surface area contributed by atoms with Crippen LogP contribution in [-0.2, 0) is 6.54 Å². The Bertz CT molecular complexity index is 507. The molecule has 0 saturated heterocycles. The van der Waals surface area contributed by atoms with Crippen LogP contribution in [0.4, 0.5) is 0 Å². The minimum atomic E-state index is 0.500. The van der Waals surface area contributed by atoms with Gasteiger partial charge in [-0.1, -0.05) is 25.4 Å². The van der Waals surface area contributed by atoms with E-state index in [4.69, 9.17) is 11.6 Å². The van der Waals surface area contributed by atoms with E-state index in [1.54, 1.807) is 0 Å². The molecule has 86 valence electrons. The maximum Gasteiger partial charge on any atom is 0.146 e. The minimum Gasteiger partial charge on any atom is -0.331 e. The van der Waals surface area contributed by atoms with Crippen molar-refractivity contribution in [1.82, 2.24) is 14.5 Å². The standard InChI is InChI=1S/C11H13BrClN3/c1-7(2)3-4-16-5-8(12)9-10(13)14-6-15-11(9)16/h5-7H,3-4H2,1-2H3. The Hall–Kier alpha value is -0.610. The number of aryl methyl sites for hydroxylation is 1. The van der Waals surface area contributed by atoms with E-state index in [0.717, 1.165) is 28.5 Å². The lowest BCUT2D eigenvalue weighted by Crippen LogP contribution is -2.01. The second-order valence-electron chi connectivity index (χ2n) is 4.22. The Labute approximate surface area is 108 Å². The van der Waals surface area contributed by atoms with Gasteiger partial charge in [0, 0.05) is 17.2 Å². The molecular formula is C11H13BrClN3. The van der Waals surface area contributed by atoms with Crippen LogP contribution in [0.25, 0.3) is 11.0 Å². The number of halogens is 2. The molecule has 0 amide bonds. The molecule has 0 fully saturated rings. The van der Waals surface area contributed by atoms with Gasteiger partial charge in [-0.25, -0.2) is 9.97 Å². The van der Waals surface area contributed by atoms with Crippen molar-refractivity contribution in [1.29, 1.82) is 0 Å². The van der Waals surface area contributed by atoms with Crippen molar-refractivity contribution in [2.75, 3.05) is 0 Å². The van der Waals surface area contributed by atoms with Gasteiger partial charge in [-0.3, -0.25) is 0 Å². The summed E-state index contributed by atoms with van der Waals surface area (Å²) in [6, 6.07) is 0. The first-order chi connectivity index (χ1) is 7.59. The van der Waals surface area contributed by atoms with Gasteiger partial charge >= 0.3 is 0 Å². The fourth-order valence-corrected chi connectivity index (χ4v) is 2.57. The topological polar surface area (TPSA) is 30.7 Å². The molecular weight excluding hydrogens is 289 g/mol. The zero-order valence-electron chi connectivity index (χ0n) is 9.24. The van der Waals surface area contributed by atoms with Gasteiger partial charge in [0.15, 0.2) is 0 Å². The van der Waals surface area contributed by atoms with E-state index in [1.165, 1.54) is 6.33 Å². The van der Waals surface area contributed by atoms with Gasteiger partial charge in [0.25, 0.3) is 0 Å². The summed E-state index contributed by atoms with van der Waals surface area (Å²) in [6.45, 7) is 5.37. The first-order valence-electron chi connectivity index (χ1n) is 5.24. The van der Waals surface area contributed by atoms with Crippen molar-refractivity contribution in [3.05, 3.63) is 22.1 Å². The molecule has 0 aromatic carbocycles. The Morgan fingerprint density at radius 2 is 2.19 bits per heavy atom. The second-order valence-corrected chi connectivity index (χ2v) is 5.43. The monoisotopic (exact) mass is 301 g/mol. The van der Waals surface area contributed by atoms with Crippen LogP contribution in [0.1, 0.15) is 20.3 Å². The summed E-state index contributed by atoms with van der Waals surface area (Å²) in [6.07, 6.45) is 4.65. The van der Waals surface area contributed by atoms with Gasteiger partial charge in [0.2, 0.25) is 0 Å². The molecule has 5 heteroatoms. The molecule has 0 spiro atoms. The molecule has 0 radical (unpaired) electrons. The first-order valence-corrected chi connectivity index (χ1v) is 6.41. The maximum atomic E-state index is 6.04. The normalized spacial score (nSPS) is 11.6. The van der Waals surface area contributed by atoms with E-state index in [9.17, 15) is 0 Å². The average Bonchev–Trinajstić information content (AvgIpc) is 2.54. The van der Waals surface area contributed by atoms with Gasteiger partial charge < -0.3 is 4.57 Å². The van der Waals surface area contributed by atoms with Crippen LogP contribution in [0.3, 0.4) is 0 Å². The van der Waals surface area contributed by atoms with Crippen LogP contribution in [-0.4, -0.2) is 14.5 Å². The van der Waals surface area contributed by atoms with Gasteiger partial charge in [-0.2, -0.15) is 0 Å². The smallest absolute Gasteiger partial charge is 0.146 e. The van der Waals surface area contributed by atoms with E-state index >= 15 is 0 Å². The molecule has 2 rings (SSSR count). The van der Waals surface area contributed by atoms with Crippen molar-refractivity contribution in [2.45, 2.75) is 26.8 Å². The molecule has 0 N–H and O–H groups in total. The fourth-order valence-electron chi connectivity index (χ4n) is 1.61. The highest BCUT2D eigenvalue weighted by molar-refractivity contribution is 9.10. The van der Waals surface area contributed by atoms with Gasteiger partial charge in [-0.05, 0) is 28.3 Å². The first kappa shape index (κ1) is 11.9. The lowest BCUT2D eigenvalue weighted by atomic mass is 10.1. The average molecular weight is 303 g/mol. The molecule has 0 aliphatic carbocycles. The number of fused-ring (bicyclic) bond motifs is 1. The Morgan fingerprint density at radius 1 is 1.44 bits per heavy atom. The molecule has 0 atom stereocenters. The van der Waals surface area contributed by atoms with Crippen molar-refractivity contribution < 1.29 is 0 Å². The van der Waals surface area contributed by atoms with Crippen LogP contribution in [0, 0.1) is 5.92 Å². The predicted octanol–water partition coefficient (Wildman–Crippen LogP) is 3.89. The van der Waals surface area contributed by atoms with Crippen LogP contribution in [0.15, 0.2) is 17.0 Å². The lowest BCUT2D eigenvalue weighted by molar-refractivity contribution is 0.522. The van der Waals surface area contributed by atoms with Crippen molar-refractivity contribution in [3.8, 4) is 0 Å². The SMILES string of the molecule is CC(C)CCn1cc(Br)c2c(Cl)ncnc21. The van der Waals surface area contributed by atoms with E-state index in [0.29, 0.717) is 11.1 Å².